The third kappa shape index (κ3) is 9.58. The molecule has 0 aromatic heterocycles. The highest BCUT2D eigenvalue weighted by molar-refractivity contribution is 5.96. The number of halogens is 9. The fraction of sp³-hybridized carbons (Fsp3) is 0.229. The second-order valence-electron chi connectivity index (χ2n) is 11.2. The summed E-state index contributed by atoms with van der Waals surface area (Å²) in [5.41, 5.74) is -4.61. The van der Waals surface area contributed by atoms with E-state index >= 15 is 4.39 Å². The smallest absolute Gasteiger partial charge is 0.461 e. The van der Waals surface area contributed by atoms with Crippen LogP contribution in [0.2, 0.25) is 0 Å². The van der Waals surface area contributed by atoms with Gasteiger partial charge in [0.1, 0.15) is 17.4 Å². The Bertz CT molecular complexity index is 1870. The molecule has 0 saturated heterocycles. The van der Waals surface area contributed by atoms with Crippen LogP contribution in [0.4, 0.5) is 39.5 Å². The number of carboxylic acids is 1. The average molecular weight is 727 g/mol. The monoisotopic (exact) mass is 726 g/mol. The van der Waals surface area contributed by atoms with Gasteiger partial charge in [-0.25, -0.2) is 8.78 Å². The number of alkyl halides is 7. The van der Waals surface area contributed by atoms with Gasteiger partial charge in [0.25, 0.3) is 11.8 Å². The molecule has 2 amide bonds. The molecule has 0 aliphatic rings. The average Bonchev–Trinajstić information content (AvgIpc) is 3.05. The number of carbonyl (C=O) groups excluding carboxylic acids is 2. The Morgan fingerprint density at radius 1 is 0.765 bits per heavy atom. The number of hydrogen-bond acceptors (Lipinski definition) is 4. The van der Waals surface area contributed by atoms with Gasteiger partial charge in [-0.05, 0) is 65.6 Å². The molecule has 1 atom stereocenters. The summed E-state index contributed by atoms with van der Waals surface area (Å²) in [6.07, 6.45) is -15.1. The molecule has 0 unspecified atom stereocenters. The van der Waals surface area contributed by atoms with Crippen LogP contribution in [-0.2, 0) is 22.9 Å². The first-order valence-corrected chi connectivity index (χ1v) is 14.9. The van der Waals surface area contributed by atoms with Crippen molar-refractivity contribution in [2.45, 2.75) is 43.5 Å². The summed E-state index contributed by atoms with van der Waals surface area (Å²) in [6.45, 7) is -0.00616. The molecule has 0 aliphatic carbocycles. The molecule has 51 heavy (non-hydrogen) atoms. The number of nitrogens with one attached hydrogen (secondary N) is 2. The minimum atomic E-state index is -5.21. The number of aliphatic carboxylic acids is 1. The van der Waals surface area contributed by atoms with E-state index in [1.807, 2.05) is 0 Å². The van der Waals surface area contributed by atoms with Crippen molar-refractivity contribution >= 4 is 17.8 Å². The molecule has 16 heteroatoms. The van der Waals surface area contributed by atoms with Crippen molar-refractivity contribution in [3.63, 3.8) is 0 Å². The molecule has 0 fully saturated rings. The highest BCUT2D eigenvalue weighted by atomic mass is 19.4. The van der Waals surface area contributed by atoms with E-state index in [1.165, 1.54) is 24.3 Å². The molecule has 0 spiro atoms. The Morgan fingerprint density at radius 3 is 2.02 bits per heavy atom. The summed E-state index contributed by atoms with van der Waals surface area (Å²) in [7, 11) is 0. The quantitative estimate of drug-likeness (QED) is 0.0912. The minimum Gasteiger partial charge on any atom is -0.481 e. The summed E-state index contributed by atoms with van der Waals surface area (Å²) in [5, 5.41) is 13.8. The Kier molecular flexibility index (Phi) is 11.7. The van der Waals surface area contributed by atoms with Gasteiger partial charge in [0, 0.05) is 36.6 Å². The normalized spacial score (nSPS) is 13.0. The maximum atomic E-state index is 15.2. The molecule has 3 N–H and O–H groups in total. The molecule has 0 radical (unpaired) electrons. The Morgan fingerprint density at radius 2 is 1.41 bits per heavy atom. The van der Waals surface area contributed by atoms with Gasteiger partial charge >= 0.3 is 24.7 Å². The van der Waals surface area contributed by atoms with Crippen molar-refractivity contribution in [1.29, 1.82) is 0 Å². The zero-order chi connectivity index (χ0) is 37.6. The third-order valence-electron chi connectivity index (χ3n) is 7.54. The lowest BCUT2D eigenvalue weighted by Gasteiger charge is -2.37. The highest BCUT2D eigenvalue weighted by Crippen LogP contribution is 2.39. The van der Waals surface area contributed by atoms with Gasteiger partial charge in [-0.3, -0.25) is 14.4 Å². The van der Waals surface area contributed by atoms with Crippen LogP contribution in [-0.4, -0.2) is 42.0 Å². The number of hydrogen-bond donors (Lipinski definition) is 3. The number of ether oxygens (including phenoxy) is 1. The molecule has 7 nitrogen and oxygen atoms in total. The van der Waals surface area contributed by atoms with Crippen LogP contribution < -0.4 is 15.4 Å². The van der Waals surface area contributed by atoms with Crippen LogP contribution in [0.1, 0.15) is 55.8 Å². The minimum absolute atomic E-state index is 0.00236. The fourth-order valence-electron chi connectivity index (χ4n) is 5.13. The molecule has 4 rings (SSSR count). The van der Waals surface area contributed by atoms with Crippen LogP contribution in [0, 0.1) is 11.6 Å². The lowest BCUT2D eigenvalue weighted by atomic mass is 9.77. The molecule has 0 aliphatic heterocycles. The summed E-state index contributed by atoms with van der Waals surface area (Å²) < 4.78 is 128. The molecule has 4 aromatic rings. The van der Waals surface area contributed by atoms with Gasteiger partial charge in [-0.15, -0.1) is 0 Å². The maximum Gasteiger partial charge on any atom is 0.461 e. The fourth-order valence-corrected chi connectivity index (χ4v) is 5.13. The summed E-state index contributed by atoms with van der Waals surface area (Å²) in [4.78, 5) is 37.3. The first-order valence-electron chi connectivity index (χ1n) is 14.9. The van der Waals surface area contributed by atoms with Crippen molar-refractivity contribution in [1.82, 2.24) is 10.6 Å². The number of amides is 2. The first-order chi connectivity index (χ1) is 23.9. The molecule has 270 valence electrons. The number of carbonyl (C=O) groups is 3. The zero-order valence-electron chi connectivity index (χ0n) is 26.0. The van der Waals surface area contributed by atoms with Crippen molar-refractivity contribution in [3.8, 4) is 5.75 Å². The van der Waals surface area contributed by atoms with Crippen LogP contribution >= 0.6 is 0 Å². The summed E-state index contributed by atoms with van der Waals surface area (Å²) >= 11 is 0. The van der Waals surface area contributed by atoms with E-state index in [0.717, 1.165) is 18.2 Å². The number of rotatable bonds is 14. The van der Waals surface area contributed by atoms with E-state index in [1.54, 1.807) is 30.3 Å². The van der Waals surface area contributed by atoms with Gasteiger partial charge in [-0.2, -0.15) is 30.7 Å². The lowest BCUT2D eigenvalue weighted by Crippen LogP contribution is -2.49. The van der Waals surface area contributed by atoms with Crippen molar-refractivity contribution in [3.05, 3.63) is 136 Å². The summed E-state index contributed by atoms with van der Waals surface area (Å²) in [5.74, 6) is -7.08. The van der Waals surface area contributed by atoms with Crippen LogP contribution in [0.3, 0.4) is 0 Å². The molecule has 0 bridgehead atoms. The third-order valence-corrected chi connectivity index (χ3v) is 7.54. The predicted molar refractivity (Wildman–Crippen MR) is 163 cm³/mol. The van der Waals surface area contributed by atoms with Gasteiger partial charge in [0.2, 0.25) is 0 Å². The van der Waals surface area contributed by atoms with E-state index in [4.69, 9.17) is 5.11 Å². The molecule has 0 saturated carbocycles. The molecule has 4 aromatic carbocycles. The Labute approximate surface area is 284 Å². The number of carboxylic acid groups (broad SMARTS) is 1. The zero-order valence-corrected chi connectivity index (χ0v) is 26.0. The van der Waals surface area contributed by atoms with Crippen molar-refractivity contribution < 1.29 is 63.7 Å². The van der Waals surface area contributed by atoms with Gasteiger partial charge in [0.15, 0.2) is 0 Å². The largest absolute Gasteiger partial charge is 0.481 e. The van der Waals surface area contributed by atoms with Crippen LogP contribution in [0.15, 0.2) is 91.0 Å². The second-order valence-corrected chi connectivity index (χ2v) is 11.2. The standard InChI is InChI=1S/C35H27F9N2O5/c36-25-16-24(17-26(18-25)51-35(43,44)32(38)39)33(19-20-5-2-1-3-6-20,46-31(50)22-10-13-28(37)27(15-22)34(40,41)42)23-11-8-21(9-12-23)30(49)45-14-4-7-29(47)48/h1-3,5-6,8-13,15-18,32H,4,7,14,19H2,(H,45,49)(H,46,50)(H,47,48)/t33-/m1/s1. The highest BCUT2D eigenvalue weighted by Gasteiger charge is 2.45. The van der Waals surface area contributed by atoms with Crippen molar-refractivity contribution in [2.24, 2.45) is 0 Å². The van der Waals surface area contributed by atoms with E-state index in [0.29, 0.717) is 17.7 Å². The predicted octanol–water partition coefficient (Wildman–Crippen LogP) is 7.73. The van der Waals surface area contributed by atoms with E-state index in [-0.39, 0.29) is 43.0 Å². The Balaban J connectivity index is 1.91. The summed E-state index contributed by atoms with van der Waals surface area (Å²) in [6, 6.07) is 16.1. The molecule has 0 heterocycles. The van der Waals surface area contributed by atoms with Crippen LogP contribution in [0.25, 0.3) is 0 Å². The second kappa shape index (κ2) is 15.6. The number of benzene rings is 4. The van der Waals surface area contributed by atoms with Gasteiger partial charge in [0.05, 0.1) is 11.1 Å². The topological polar surface area (TPSA) is 105 Å². The van der Waals surface area contributed by atoms with Gasteiger partial charge in [-0.1, -0.05) is 42.5 Å². The lowest BCUT2D eigenvalue weighted by molar-refractivity contribution is -0.253. The van der Waals surface area contributed by atoms with E-state index in [9.17, 15) is 49.5 Å². The van der Waals surface area contributed by atoms with E-state index < -0.39 is 76.1 Å². The SMILES string of the molecule is O=C(O)CCCNC(=O)c1ccc([C@@](Cc2ccccc2)(NC(=O)c2ccc(F)c(C(F)(F)F)c2)c2cc(F)cc(OC(F)(F)C(F)F)c2)cc1. The molecular formula is C35H27F9N2O5. The first kappa shape index (κ1) is 38.3. The van der Waals surface area contributed by atoms with Crippen LogP contribution in [0.5, 0.6) is 5.75 Å². The van der Waals surface area contributed by atoms with Gasteiger partial charge < -0.3 is 20.5 Å². The van der Waals surface area contributed by atoms with Crippen molar-refractivity contribution in [2.75, 3.05) is 6.54 Å². The maximum absolute atomic E-state index is 15.2. The molecular weight excluding hydrogens is 699 g/mol. The Hall–Kier alpha value is -5.54. The van der Waals surface area contributed by atoms with E-state index in [2.05, 4.69) is 15.4 Å².